The topological polar surface area (TPSA) is 94.0 Å². The summed E-state index contributed by atoms with van der Waals surface area (Å²) in [4.78, 5) is 20.3. The van der Waals surface area contributed by atoms with Gasteiger partial charge in [0.25, 0.3) is 0 Å². The molecular formula is C35H33F9N3NaO5. The van der Waals surface area contributed by atoms with E-state index in [1.165, 1.54) is 18.1 Å². The Kier molecular flexibility index (Phi) is 14.5. The molecule has 0 saturated heterocycles. The van der Waals surface area contributed by atoms with Gasteiger partial charge in [0.2, 0.25) is 5.95 Å². The van der Waals surface area contributed by atoms with Crippen molar-refractivity contribution in [1.82, 2.24) is 9.97 Å². The fourth-order valence-corrected chi connectivity index (χ4v) is 5.15. The molecule has 0 saturated carbocycles. The van der Waals surface area contributed by atoms with E-state index in [1.54, 1.807) is 18.2 Å². The van der Waals surface area contributed by atoms with Gasteiger partial charge in [-0.2, -0.15) is 26.3 Å². The van der Waals surface area contributed by atoms with Crippen molar-refractivity contribution < 1.29 is 94.6 Å². The van der Waals surface area contributed by atoms with E-state index in [1.807, 2.05) is 13.8 Å². The van der Waals surface area contributed by atoms with E-state index in [9.17, 15) is 44.3 Å². The molecule has 0 fully saturated rings. The first-order chi connectivity index (χ1) is 24.2. The van der Waals surface area contributed by atoms with Crippen molar-refractivity contribution in [3.05, 3.63) is 94.8 Å². The molecule has 3 aromatic carbocycles. The van der Waals surface area contributed by atoms with Crippen LogP contribution in [0, 0.1) is 0 Å². The third-order valence-corrected chi connectivity index (χ3v) is 7.57. The molecule has 18 heteroatoms. The van der Waals surface area contributed by atoms with E-state index >= 15 is 0 Å². The molecule has 0 atom stereocenters. The molecule has 0 aliphatic carbocycles. The van der Waals surface area contributed by atoms with E-state index in [0.717, 1.165) is 30.1 Å². The average molecular weight is 770 g/mol. The van der Waals surface area contributed by atoms with Gasteiger partial charge >= 0.3 is 54.2 Å². The molecule has 53 heavy (non-hydrogen) atoms. The van der Waals surface area contributed by atoms with Crippen LogP contribution in [0.4, 0.5) is 45.5 Å². The van der Waals surface area contributed by atoms with Crippen LogP contribution in [0.25, 0.3) is 11.1 Å². The molecule has 1 N–H and O–H groups in total. The first-order valence-electron chi connectivity index (χ1n) is 15.5. The molecule has 0 spiro atoms. The molecule has 282 valence electrons. The number of aromatic nitrogens is 2. The van der Waals surface area contributed by atoms with Crippen molar-refractivity contribution in [3.63, 3.8) is 0 Å². The van der Waals surface area contributed by atoms with E-state index in [2.05, 4.69) is 14.7 Å². The number of carboxylic acid groups (broad SMARTS) is 1. The molecule has 4 aromatic rings. The number of nitrogens with zero attached hydrogens (tertiary/aromatic N) is 3. The number of carbonyl (C=O) groups is 1. The summed E-state index contributed by atoms with van der Waals surface area (Å²) < 4.78 is 138. The number of hydrogen-bond acceptors (Lipinski definition) is 7. The zero-order valence-corrected chi connectivity index (χ0v) is 30.8. The Bertz CT molecular complexity index is 1830. The summed E-state index contributed by atoms with van der Waals surface area (Å²) in [7, 11) is 1.38. The number of aliphatic carboxylic acids is 1. The zero-order chi connectivity index (χ0) is 38.4. The number of halogens is 9. The van der Waals surface area contributed by atoms with Crippen molar-refractivity contribution >= 4 is 11.9 Å². The molecule has 4 rings (SSSR count). The van der Waals surface area contributed by atoms with Crippen LogP contribution in [0.5, 0.6) is 17.2 Å². The third-order valence-electron chi connectivity index (χ3n) is 7.57. The average Bonchev–Trinajstić information content (AvgIpc) is 3.05. The largest absolute Gasteiger partial charge is 1.00 e. The Morgan fingerprint density at radius 2 is 1.45 bits per heavy atom. The maximum Gasteiger partial charge on any atom is 1.00 e. The van der Waals surface area contributed by atoms with Crippen LogP contribution in [0.1, 0.15) is 61.9 Å². The van der Waals surface area contributed by atoms with Crippen molar-refractivity contribution in [3.8, 4) is 28.4 Å². The van der Waals surface area contributed by atoms with Crippen LogP contribution in [0.3, 0.4) is 0 Å². The second kappa shape index (κ2) is 17.7. The minimum atomic E-state index is -5.15. The van der Waals surface area contributed by atoms with Gasteiger partial charge in [0, 0.05) is 25.1 Å². The summed E-state index contributed by atoms with van der Waals surface area (Å²) in [5.41, 5.74) is -1.91. The van der Waals surface area contributed by atoms with Crippen molar-refractivity contribution in [2.75, 3.05) is 18.6 Å². The standard InChI is InChI=1S/C35H32F9N3O5.Na.H/c1-20(2)22-6-9-30(50-3)29(14-22)28-8-7-26(52-35(42,43)44)13-23(28)19-47(32-45-16-27(17-46-32)51-10-4-5-31(48)49)18-21-11-24(33(36,37)38)15-25(12-21)34(39,40)41;;/h6-9,11-17,20H,4-5,10,18-19H2,1-3H3,(H,48,49);;/q;+1;-1. The third kappa shape index (κ3) is 12.4. The first kappa shape index (κ1) is 43.2. The quantitative estimate of drug-likeness (QED) is 0.0854. The van der Waals surface area contributed by atoms with Gasteiger partial charge in [0.05, 0.1) is 37.2 Å². The number of methoxy groups -OCH3 is 1. The Labute approximate surface area is 321 Å². The molecule has 0 radical (unpaired) electrons. The van der Waals surface area contributed by atoms with Gasteiger partial charge in [-0.15, -0.1) is 13.2 Å². The Morgan fingerprint density at radius 1 is 0.830 bits per heavy atom. The normalized spacial score (nSPS) is 11.9. The monoisotopic (exact) mass is 769 g/mol. The van der Waals surface area contributed by atoms with Crippen molar-refractivity contribution in [2.24, 2.45) is 0 Å². The summed E-state index contributed by atoms with van der Waals surface area (Å²) in [5.74, 6) is -1.51. The summed E-state index contributed by atoms with van der Waals surface area (Å²) in [6.45, 7) is 2.68. The predicted molar refractivity (Wildman–Crippen MR) is 171 cm³/mol. The van der Waals surface area contributed by atoms with E-state index in [4.69, 9.17) is 14.6 Å². The minimum Gasteiger partial charge on any atom is -1.00 e. The van der Waals surface area contributed by atoms with Crippen LogP contribution in [-0.4, -0.2) is 41.1 Å². The van der Waals surface area contributed by atoms with Crippen LogP contribution in [0.2, 0.25) is 0 Å². The minimum absolute atomic E-state index is 0. The second-order valence-corrected chi connectivity index (χ2v) is 11.8. The van der Waals surface area contributed by atoms with Gasteiger partial charge in [-0.05, 0) is 77.1 Å². The number of alkyl halides is 9. The Morgan fingerprint density at radius 3 is 1.98 bits per heavy atom. The van der Waals surface area contributed by atoms with Crippen LogP contribution in [-0.2, 0) is 30.2 Å². The van der Waals surface area contributed by atoms with Crippen molar-refractivity contribution in [2.45, 2.75) is 64.4 Å². The van der Waals surface area contributed by atoms with Gasteiger partial charge in [-0.1, -0.05) is 26.0 Å². The van der Waals surface area contributed by atoms with Crippen LogP contribution >= 0.6 is 0 Å². The van der Waals surface area contributed by atoms with Gasteiger partial charge in [-0.25, -0.2) is 9.97 Å². The number of carboxylic acids is 1. The van der Waals surface area contributed by atoms with E-state index in [0.29, 0.717) is 29.0 Å². The second-order valence-electron chi connectivity index (χ2n) is 11.8. The molecule has 1 heterocycles. The summed E-state index contributed by atoms with van der Waals surface area (Å²) in [6.07, 6.45) is -13.1. The smallest absolute Gasteiger partial charge is 1.00 e. The molecule has 0 bridgehead atoms. The van der Waals surface area contributed by atoms with Crippen LogP contribution in [0.15, 0.2) is 67.0 Å². The molecule has 8 nitrogen and oxygen atoms in total. The number of hydrogen-bond donors (Lipinski definition) is 1. The van der Waals surface area contributed by atoms with E-state index in [-0.39, 0.29) is 79.7 Å². The zero-order valence-electron chi connectivity index (χ0n) is 29.8. The summed E-state index contributed by atoms with van der Waals surface area (Å²) >= 11 is 0. The molecule has 0 aliphatic rings. The van der Waals surface area contributed by atoms with Gasteiger partial charge < -0.3 is 25.6 Å². The van der Waals surface area contributed by atoms with E-state index < -0.39 is 60.2 Å². The fraction of sp³-hybridized carbons (Fsp3) is 0.343. The molecule has 1 aromatic heterocycles. The number of benzene rings is 3. The summed E-state index contributed by atoms with van der Waals surface area (Å²) in [6, 6.07) is 9.69. The molecule has 0 unspecified atom stereocenters. The predicted octanol–water partition coefficient (Wildman–Crippen LogP) is 6.78. The molecule has 0 aliphatic heterocycles. The Balaban J connectivity index is 0.00000504. The number of anilines is 1. The van der Waals surface area contributed by atoms with Gasteiger partial charge in [-0.3, -0.25) is 4.79 Å². The SMILES string of the molecule is COc1ccc(C(C)C)cc1-c1ccc(OC(F)(F)F)cc1CN(Cc1cc(C(F)(F)F)cc(C(F)(F)F)c1)c1ncc(OCCCC(=O)O)cn1.[H-].[Na+]. The number of rotatable bonds is 14. The first-order valence-corrected chi connectivity index (χ1v) is 15.5. The molecule has 0 amide bonds. The maximum atomic E-state index is 13.8. The van der Waals surface area contributed by atoms with Crippen molar-refractivity contribution in [1.29, 1.82) is 0 Å². The Hall–Kier alpha value is -4.22. The fourth-order valence-electron chi connectivity index (χ4n) is 5.15. The maximum absolute atomic E-state index is 13.8. The molecular weight excluding hydrogens is 736 g/mol. The summed E-state index contributed by atoms with van der Waals surface area (Å²) in [5, 5.41) is 8.82. The van der Waals surface area contributed by atoms with Gasteiger partial charge in [0.1, 0.15) is 11.5 Å². The van der Waals surface area contributed by atoms with Gasteiger partial charge in [0.15, 0.2) is 5.75 Å². The van der Waals surface area contributed by atoms with Crippen LogP contribution < -0.4 is 48.7 Å². The number of ether oxygens (including phenoxy) is 3.